The van der Waals surface area contributed by atoms with Crippen molar-refractivity contribution in [1.29, 1.82) is 0 Å². The van der Waals surface area contributed by atoms with Crippen LogP contribution in [-0.4, -0.2) is 24.1 Å². The number of ketones is 1. The summed E-state index contributed by atoms with van der Waals surface area (Å²) in [6.07, 6.45) is 11.1. The Morgan fingerprint density at radius 2 is 1.59 bits per heavy atom. The van der Waals surface area contributed by atoms with Crippen LogP contribution >= 0.6 is 0 Å². The van der Waals surface area contributed by atoms with Gasteiger partial charge in [-0.15, -0.1) is 0 Å². The number of methoxy groups -OCH3 is 1. The third kappa shape index (κ3) is 7.14. The Hall–Kier alpha value is -1.61. The third-order valence-electron chi connectivity index (χ3n) is 5.55. The maximum atomic E-state index is 12.4. The van der Waals surface area contributed by atoms with E-state index in [0.717, 1.165) is 25.7 Å². The van der Waals surface area contributed by atoms with Gasteiger partial charge in [-0.1, -0.05) is 41.9 Å². The highest BCUT2D eigenvalue weighted by Gasteiger charge is 2.39. The van der Waals surface area contributed by atoms with Gasteiger partial charge in [0.15, 0.2) is 5.78 Å². The van der Waals surface area contributed by atoms with Crippen LogP contribution in [0.3, 0.4) is 0 Å². The summed E-state index contributed by atoms with van der Waals surface area (Å²) in [5, 5.41) is 10.6. The molecule has 0 aromatic rings. The predicted molar refractivity (Wildman–Crippen MR) is 113 cm³/mol. The molecule has 0 fully saturated rings. The molecule has 1 rings (SSSR count). The van der Waals surface area contributed by atoms with Crippen LogP contribution in [0.4, 0.5) is 0 Å². The predicted octanol–water partition coefficient (Wildman–Crippen LogP) is 5.91. The molecule has 0 saturated heterocycles. The fourth-order valence-electron chi connectivity index (χ4n) is 3.63. The van der Waals surface area contributed by atoms with E-state index >= 15 is 0 Å². The van der Waals surface area contributed by atoms with Gasteiger partial charge in [0.25, 0.3) is 0 Å². The lowest BCUT2D eigenvalue weighted by molar-refractivity contribution is -0.124. The number of carbonyl (C=O) groups is 1. The van der Waals surface area contributed by atoms with Crippen molar-refractivity contribution in [3.8, 4) is 0 Å². The lowest BCUT2D eigenvalue weighted by Crippen LogP contribution is -2.39. The lowest BCUT2D eigenvalue weighted by Gasteiger charge is -2.33. The SMILES string of the molecule is COC1=C(C)C(=O)C(C)C(C/C=C(\C)CC/C=C(\C)CCC=C(C)C)C1O. The van der Waals surface area contributed by atoms with Gasteiger partial charge in [0.05, 0.1) is 7.11 Å². The second-order valence-corrected chi connectivity index (χ2v) is 8.15. The van der Waals surface area contributed by atoms with Crippen molar-refractivity contribution in [3.05, 3.63) is 46.3 Å². The zero-order valence-electron chi connectivity index (χ0n) is 18.3. The molecule has 27 heavy (non-hydrogen) atoms. The Bertz CT molecular complexity index is 630. The van der Waals surface area contributed by atoms with Gasteiger partial charge in [0, 0.05) is 17.4 Å². The molecule has 0 radical (unpaired) electrons. The molecule has 0 heterocycles. The van der Waals surface area contributed by atoms with E-state index in [4.69, 9.17) is 4.74 Å². The van der Waals surface area contributed by atoms with Crippen molar-refractivity contribution in [1.82, 2.24) is 0 Å². The van der Waals surface area contributed by atoms with Gasteiger partial charge in [-0.25, -0.2) is 0 Å². The summed E-state index contributed by atoms with van der Waals surface area (Å²) < 4.78 is 5.29. The lowest BCUT2D eigenvalue weighted by atomic mass is 9.75. The molecule has 1 aliphatic carbocycles. The molecule has 0 amide bonds. The number of aliphatic hydroxyl groups is 1. The molecule has 0 saturated carbocycles. The van der Waals surface area contributed by atoms with E-state index in [1.165, 1.54) is 23.8 Å². The minimum absolute atomic E-state index is 0.0862. The molecule has 3 unspecified atom stereocenters. The highest BCUT2D eigenvalue weighted by atomic mass is 16.5. The molecule has 0 aromatic carbocycles. The first-order chi connectivity index (χ1) is 12.7. The average molecular weight is 375 g/mol. The molecule has 0 spiro atoms. The van der Waals surface area contributed by atoms with Crippen molar-refractivity contribution >= 4 is 5.78 Å². The standard InChI is InChI=1S/C24H38O3/c1-16(2)10-8-11-17(3)12-9-13-18(4)14-15-21-19(5)22(25)20(6)24(27-7)23(21)26/h10,12,14,19,21,23,26H,8-9,11,13,15H2,1-7H3/b17-12+,18-14+. The summed E-state index contributed by atoms with van der Waals surface area (Å²) in [7, 11) is 1.52. The number of allylic oxidation sites excluding steroid dienone is 7. The Kier molecular flexibility index (Phi) is 9.79. The van der Waals surface area contributed by atoms with Gasteiger partial charge in [-0.05, 0) is 66.7 Å². The van der Waals surface area contributed by atoms with Gasteiger partial charge in [0.2, 0.25) is 0 Å². The van der Waals surface area contributed by atoms with E-state index in [9.17, 15) is 9.90 Å². The first kappa shape index (κ1) is 23.4. The van der Waals surface area contributed by atoms with Crippen LogP contribution in [0.5, 0.6) is 0 Å². The molecule has 3 heteroatoms. The van der Waals surface area contributed by atoms with E-state index in [0.29, 0.717) is 17.8 Å². The van der Waals surface area contributed by atoms with E-state index in [1.807, 2.05) is 6.92 Å². The van der Waals surface area contributed by atoms with Gasteiger partial charge in [-0.2, -0.15) is 0 Å². The molecule has 0 bridgehead atoms. The molecule has 1 aliphatic rings. The molecular formula is C24H38O3. The maximum Gasteiger partial charge on any atom is 0.165 e. The highest BCUT2D eigenvalue weighted by Crippen LogP contribution is 2.35. The van der Waals surface area contributed by atoms with Crippen LogP contribution in [0.25, 0.3) is 0 Å². The summed E-state index contributed by atoms with van der Waals surface area (Å²) >= 11 is 0. The molecular weight excluding hydrogens is 336 g/mol. The largest absolute Gasteiger partial charge is 0.498 e. The van der Waals surface area contributed by atoms with Crippen molar-refractivity contribution in [2.24, 2.45) is 11.8 Å². The highest BCUT2D eigenvalue weighted by molar-refractivity contribution is 5.98. The molecule has 0 aliphatic heterocycles. The van der Waals surface area contributed by atoms with E-state index in [-0.39, 0.29) is 17.6 Å². The molecule has 1 N–H and O–H groups in total. The van der Waals surface area contributed by atoms with E-state index in [2.05, 4.69) is 45.9 Å². The second-order valence-electron chi connectivity index (χ2n) is 8.15. The number of ether oxygens (including phenoxy) is 1. The number of aliphatic hydroxyl groups excluding tert-OH is 1. The Morgan fingerprint density at radius 3 is 2.15 bits per heavy atom. The third-order valence-corrected chi connectivity index (χ3v) is 5.55. The van der Waals surface area contributed by atoms with Crippen molar-refractivity contribution in [2.75, 3.05) is 7.11 Å². The van der Waals surface area contributed by atoms with Gasteiger partial charge in [0.1, 0.15) is 11.9 Å². The van der Waals surface area contributed by atoms with Crippen LogP contribution in [0, 0.1) is 11.8 Å². The first-order valence-electron chi connectivity index (χ1n) is 10.1. The molecule has 3 nitrogen and oxygen atoms in total. The monoisotopic (exact) mass is 374 g/mol. The van der Waals surface area contributed by atoms with Gasteiger partial charge in [-0.3, -0.25) is 4.79 Å². The van der Waals surface area contributed by atoms with Crippen LogP contribution in [0.15, 0.2) is 46.3 Å². The normalized spacial score (nSPS) is 24.3. The fraction of sp³-hybridized carbons (Fsp3) is 0.625. The van der Waals surface area contributed by atoms with Gasteiger partial charge < -0.3 is 9.84 Å². The smallest absolute Gasteiger partial charge is 0.165 e. The molecule has 152 valence electrons. The van der Waals surface area contributed by atoms with E-state index in [1.54, 1.807) is 6.92 Å². The van der Waals surface area contributed by atoms with Crippen molar-refractivity contribution < 1.29 is 14.6 Å². The summed E-state index contributed by atoms with van der Waals surface area (Å²) in [5.74, 6) is 0.222. The number of hydrogen-bond acceptors (Lipinski definition) is 3. The fourth-order valence-corrected chi connectivity index (χ4v) is 3.63. The number of hydrogen-bond donors (Lipinski definition) is 1. The van der Waals surface area contributed by atoms with E-state index < -0.39 is 6.10 Å². The second kappa shape index (κ2) is 11.3. The summed E-state index contributed by atoms with van der Waals surface area (Å²) in [4.78, 5) is 12.4. The number of Topliss-reactive ketones (excluding diaryl/α,β-unsaturated/α-hetero) is 1. The minimum atomic E-state index is -0.705. The number of carbonyl (C=O) groups excluding carboxylic acids is 1. The molecule has 0 aromatic heterocycles. The zero-order valence-corrected chi connectivity index (χ0v) is 18.3. The quantitative estimate of drug-likeness (QED) is 0.510. The molecule has 3 atom stereocenters. The summed E-state index contributed by atoms with van der Waals surface area (Å²) in [6.45, 7) is 12.3. The van der Waals surface area contributed by atoms with Crippen LogP contribution in [0.2, 0.25) is 0 Å². The topological polar surface area (TPSA) is 46.5 Å². The minimum Gasteiger partial charge on any atom is -0.498 e. The Morgan fingerprint density at radius 1 is 1.04 bits per heavy atom. The average Bonchev–Trinajstić information content (AvgIpc) is 2.60. The maximum absolute atomic E-state index is 12.4. The van der Waals surface area contributed by atoms with Crippen LogP contribution in [0.1, 0.15) is 73.6 Å². The summed E-state index contributed by atoms with van der Waals surface area (Å²) in [6, 6.07) is 0. The van der Waals surface area contributed by atoms with Gasteiger partial charge >= 0.3 is 0 Å². The summed E-state index contributed by atoms with van der Waals surface area (Å²) in [5.41, 5.74) is 4.68. The number of rotatable bonds is 9. The first-order valence-corrected chi connectivity index (χ1v) is 10.1. The Labute approximate surface area is 165 Å². The Balaban J connectivity index is 2.59. The van der Waals surface area contributed by atoms with Crippen LogP contribution in [-0.2, 0) is 9.53 Å². The zero-order chi connectivity index (χ0) is 20.6. The van der Waals surface area contributed by atoms with Crippen LogP contribution < -0.4 is 0 Å². The van der Waals surface area contributed by atoms with Crippen molar-refractivity contribution in [3.63, 3.8) is 0 Å². The van der Waals surface area contributed by atoms with Crippen molar-refractivity contribution in [2.45, 2.75) is 79.8 Å².